The second kappa shape index (κ2) is 10.4. The van der Waals surface area contributed by atoms with E-state index < -0.39 is 0 Å². The molecule has 0 saturated heterocycles. The molecule has 0 radical (unpaired) electrons. The zero-order chi connectivity index (χ0) is 24.2. The molecule has 0 spiro atoms. The van der Waals surface area contributed by atoms with E-state index in [2.05, 4.69) is 25.5 Å². The number of thioether (sulfide) groups is 1. The van der Waals surface area contributed by atoms with Gasteiger partial charge in [-0.3, -0.25) is 14.3 Å². The summed E-state index contributed by atoms with van der Waals surface area (Å²) in [6, 6.07) is 14.9. The van der Waals surface area contributed by atoms with E-state index in [-0.39, 0.29) is 5.91 Å². The van der Waals surface area contributed by atoms with Gasteiger partial charge in [-0.15, -0.1) is 21.5 Å². The first-order valence-corrected chi connectivity index (χ1v) is 12.8. The van der Waals surface area contributed by atoms with E-state index in [1.54, 1.807) is 17.8 Å². The van der Waals surface area contributed by atoms with E-state index in [9.17, 15) is 4.79 Å². The number of aromatic nitrogens is 5. The Morgan fingerprint density at radius 1 is 1.20 bits per heavy atom. The molecule has 0 fully saturated rings. The van der Waals surface area contributed by atoms with Crippen LogP contribution in [-0.2, 0) is 12.3 Å². The summed E-state index contributed by atoms with van der Waals surface area (Å²) >= 11 is 9.20. The minimum atomic E-state index is -0.235. The molecule has 1 aromatic carbocycles. The number of carbonyl (C=O) groups excluding carboxylic acids is 1. The number of aryl methyl sites for hydroxylation is 1. The van der Waals surface area contributed by atoms with Gasteiger partial charge in [-0.05, 0) is 48.9 Å². The molecule has 5 aromatic rings. The Hall–Kier alpha value is -3.47. The molecule has 4 aromatic heterocycles. The van der Waals surface area contributed by atoms with E-state index in [1.807, 2.05) is 60.0 Å². The standard InChI is InChI=1S/C24H19ClN6O2S2/c1-15-7-8-16(25)11-19(15)31-22(20-6-4-10-33-20)29-30-24(31)35-14-21-28-18(13-34-21)23(32)27-12-17-5-2-3-9-26-17/h2-11,13H,12,14H2,1H3,(H,27,32). The Morgan fingerprint density at radius 3 is 2.91 bits per heavy atom. The van der Waals surface area contributed by atoms with Gasteiger partial charge in [0.2, 0.25) is 5.82 Å². The smallest absolute Gasteiger partial charge is 0.271 e. The average Bonchev–Trinajstić information content (AvgIpc) is 3.64. The Balaban J connectivity index is 1.34. The third-order valence-corrected chi connectivity index (χ3v) is 7.26. The highest BCUT2D eigenvalue weighted by molar-refractivity contribution is 7.98. The van der Waals surface area contributed by atoms with Crippen LogP contribution in [0.25, 0.3) is 17.3 Å². The summed E-state index contributed by atoms with van der Waals surface area (Å²) in [6.45, 7) is 2.35. The van der Waals surface area contributed by atoms with Gasteiger partial charge in [0.1, 0.15) is 10.7 Å². The second-order valence-corrected chi connectivity index (χ2v) is 9.79. The first-order chi connectivity index (χ1) is 17.1. The molecule has 0 atom stereocenters. The first kappa shape index (κ1) is 23.3. The largest absolute Gasteiger partial charge is 0.461 e. The molecule has 0 saturated carbocycles. The molecule has 0 aliphatic rings. The van der Waals surface area contributed by atoms with Crippen LogP contribution in [-0.4, -0.2) is 30.6 Å². The highest BCUT2D eigenvalue weighted by atomic mass is 35.5. The van der Waals surface area contributed by atoms with Crippen LogP contribution < -0.4 is 5.32 Å². The van der Waals surface area contributed by atoms with Crippen LogP contribution >= 0.6 is 34.7 Å². The molecule has 1 amide bonds. The predicted octanol–water partition coefficient (Wildman–Crippen LogP) is 5.56. The van der Waals surface area contributed by atoms with Gasteiger partial charge in [0.25, 0.3) is 5.91 Å². The molecule has 4 heterocycles. The highest BCUT2D eigenvalue weighted by Gasteiger charge is 2.20. The maximum absolute atomic E-state index is 12.5. The van der Waals surface area contributed by atoms with Crippen LogP contribution in [0.3, 0.4) is 0 Å². The molecule has 0 unspecified atom stereocenters. The van der Waals surface area contributed by atoms with Gasteiger partial charge < -0.3 is 9.73 Å². The SMILES string of the molecule is Cc1ccc(Cl)cc1-n1c(SCc2nc(C(=O)NCc3ccccn3)cs2)nnc1-c1ccco1. The van der Waals surface area contributed by atoms with Gasteiger partial charge in [0.05, 0.1) is 29.9 Å². The van der Waals surface area contributed by atoms with Gasteiger partial charge in [-0.2, -0.15) is 0 Å². The molecule has 0 bridgehead atoms. The summed E-state index contributed by atoms with van der Waals surface area (Å²) in [6.07, 6.45) is 3.29. The Labute approximate surface area is 214 Å². The lowest BCUT2D eigenvalue weighted by Gasteiger charge is -2.12. The molecule has 0 aliphatic carbocycles. The van der Waals surface area contributed by atoms with E-state index in [0.29, 0.717) is 39.8 Å². The van der Waals surface area contributed by atoms with Crippen LogP contribution in [0.15, 0.2) is 75.9 Å². The van der Waals surface area contributed by atoms with Crippen molar-refractivity contribution in [1.29, 1.82) is 0 Å². The van der Waals surface area contributed by atoms with Crippen molar-refractivity contribution in [2.75, 3.05) is 0 Å². The van der Waals surface area contributed by atoms with Crippen molar-refractivity contribution in [3.8, 4) is 17.3 Å². The fourth-order valence-corrected chi connectivity index (χ4v) is 5.24. The van der Waals surface area contributed by atoms with Crippen molar-refractivity contribution >= 4 is 40.6 Å². The van der Waals surface area contributed by atoms with Gasteiger partial charge in [0, 0.05) is 16.6 Å². The van der Waals surface area contributed by atoms with Crippen molar-refractivity contribution in [3.05, 3.63) is 93.4 Å². The van der Waals surface area contributed by atoms with E-state index in [4.69, 9.17) is 16.0 Å². The number of hydrogen-bond acceptors (Lipinski definition) is 8. The monoisotopic (exact) mass is 522 g/mol. The molecule has 5 rings (SSSR count). The number of furan rings is 1. The van der Waals surface area contributed by atoms with Crippen molar-refractivity contribution in [1.82, 2.24) is 30.0 Å². The van der Waals surface area contributed by atoms with Gasteiger partial charge in [-0.25, -0.2) is 4.98 Å². The number of halogens is 1. The average molecular weight is 523 g/mol. The molecule has 8 nitrogen and oxygen atoms in total. The number of rotatable bonds is 8. The summed E-state index contributed by atoms with van der Waals surface area (Å²) < 4.78 is 7.52. The molecular formula is C24H19ClN6O2S2. The van der Waals surface area contributed by atoms with Crippen molar-refractivity contribution in [2.24, 2.45) is 0 Å². The summed E-state index contributed by atoms with van der Waals surface area (Å²) in [4.78, 5) is 21.2. The second-order valence-electron chi connectivity index (χ2n) is 7.47. The number of thiazole rings is 1. The van der Waals surface area contributed by atoms with Crippen LogP contribution in [0.1, 0.15) is 26.8 Å². The van der Waals surface area contributed by atoms with Crippen molar-refractivity contribution < 1.29 is 9.21 Å². The van der Waals surface area contributed by atoms with Crippen LogP contribution in [0.5, 0.6) is 0 Å². The van der Waals surface area contributed by atoms with E-state index >= 15 is 0 Å². The fourth-order valence-electron chi connectivity index (χ4n) is 3.34. The van der Waals surface area contributed by atoms with Gasteiger partial charge in [-0.1, -0.05) is 35.5 Å². The lowest BCUT2D eigenvalue weighted by molar-refractivity contribution is 0.0946. The predicted molar refractivity (Wildman–Crippen MR) is 136 cm³/mol. The van der Waals surface area contributed by atoms with Crippen LogP contribution in [0.4, 0.5) is 0 Å². The van der Waals surface area contributed by atoms with Crippen molar-refractivity contribution in [3.63, 3.8) is 0 Å². The van der Waals surface area contributed by atoms with E-state index in [1.165, 1.54) is 23.1 Å². The first-order valence-electron chi connectivity index (χ1n) is 10.6. The molecular weight excluding hydrogens is 504 g/mol. The molecule has 0 aliphatic heterocycles. The Morgan fingerprint density at radius 2 is 2.11 bits per heavy atom. The third-order valence-electron chi connectivity index (χ3n) is 5.05. The summed E-state index contributed by atoms with van der Waals surface area (Å²) in [5.41, 5.74) is 3.05. The topological polar surface area (TPSA) is 98.7 Å². The number of amides is 1. The Bertz CT molecular complexity index is 1450. The number of nitrogens with zero attached hydrogens (tertiary/aromatic N) is 5. The molecule has 176 valence electrons. The Kier molecular flexibility index (Phi) is 6.94. The quantitative estimate of drug-likeness (QED) is 0.266. The molecule has 1 N–H and O–H groups in total. The van der Waals surface area contributed by atoms with Gasteiger partial charge in [0.15, 0.2) is 10.9 Å². The lowest BCUT2D eigenvalue weighted by Crippen LogP contribution is -2.23. The fraction of sp³-hybridized carbons (Fsp3) is 0.125. The summed E-state index contributed by atoms with van der Waals surface area (Å²) in [5, 5.41) is 15.5. The number of carbonyl (C=O) groups is 1. The zero-order valence-electron chi connectivity index (χ0n) is 18.5. The third kappa shape index (κ3) is 5.29. The summed E-state index contributed by atoms with van der Waals surface area (Å²) in [7, 11) is 0. The normalized spacial score (nSPS) is 11.0. The molecule has 11 heteroatoms. The van der Waals surface area contributed by atoms with Crippen molar-refractivity contribution in [2.45, 2.75) is 24.4 Å². The highest BCUT2D eigenvalue weighted by Crippen LogP contribution is 2.32. The maximum atomic E-state index is 12.5. The van der Waals surface area contributed by atoms with Crippen LogP contribution in [0.2, 0.25) is 5.02 Å². The molecule has 35 heavy (non-hydrogen) atoms. The minimum Gasteiger partial charge on any atom is -0.461 e. The minimum absolute atomic E-state index is 0.235. The zero-order valence-corrected chi connectivity index (χ0v) is 20.9. The number of nitrogens with one attached hydrogen (secondary N) is 1. The number of hydrogen-bond donors (Lipinski definition) is 1. The van der Waals surface area contributed by atoms with Crippen LogP contribution in [0, 0.1) is 6.92 Å². The van der Waals surface area contributed by atoms with Gasteiger partial charge >= 0.3 is 0 Å². The maximum Gasteiger partial charge on any atom is 0.271 e. The van der Waals surface area contributed by atoms with E-state index in [0.717, 1.165) is 22.0 Å². The lowest BCUT2D eigenvalue weighted by atomic mass is 10.2. The number of pyridine rings is 1. The number of benzene rings is 1. The summed E-state index contributed by atoms with van der Waals surface area (Å²) in [5.74, 6) is 1.47.